The monoisotopic (exact) mass is 498 g/mol. The molecule has 0 aromatic heterocycles. The van der Waals surface area contributed by atoms with Crippen LogP contribution in [0.1, 0.15) is 21.5 Å². The molecule has 2 aromatic rings. The van der Waals surface area contributed by atoms with Crippen molar-refractivity contribution in [3.8, 4) is 11.5 Å². The summed E-state index contributed by atoms with van der Waals surface area (Å²) in [4.78, 5) is 29.9. The van der Waals surface area contributed by atoms with Crippen molar-refractivity contribution in [3.05, 3.63) is 64.7 Å². The Hall–Kier alpha value is -3.77. The quantitative estimate of drug-likeness (QED) is 0.294. The number of sulfone groups is 1. The molecule has 1 amide bonds. The molecular weight excluding hydrogens is 480 g/mol. The summed E-state index contributed by atoms with van der Waals surface area (Å²) in [6.45, 7) is 1.86. The van der Waals surface area contributed by atoms with E-state index >= 15 is 0 Å². The van der Waals surface area contributed by atoms with Gasteiger partial charge in [0.05, 0.1) is 30.2 Å². The Bertz CT molecular complexity index is 1440. The lowest BCUT2D eigenvalue weighted by atomic mass is 10.1. The third kappa shape index (κ3) is 4.50. The second-order valence-corrected chi connectivity index (χ2v) is 9.99. The van der Waals surface area contributed by atoms with Crippen LogP contribution in [0.25, 0.3) is 6.08 Å². The van der Waals surface area contributed by atoms with Crippen LogP contribution in [0.15, 0.2) is 57.4 Å². The van der Waals surface area contributed by atoms with E-state index in [-0.39, 0.29) is 33.2 Å². The highest BCUT2D eigenvalue weighted by Gasteiger charge is 2.41. The summed E-state index contributed by atoms with van der Waals surface area (Å²) in [5.41, 5.74) is 1.61. The number of rotatable bonds is 4. The van der Waals surface area contributed by atoms with Crippen LogP contribution in [-0.4, -0.2) is 54.7 Å². The van der Waals surface area contributed by atoms with Crippen LogP contribution >= 0.6 is 11.9 Å². The average molecular weight is 499 g/mol. The van der Waals surface area contributed by atoms with Crippen LogP contribution in [0.3, 0.4) is 0 Å². The van der Waals surface area contributed by atoms with E-state index in [1.165, 1.54) is 25.3 Å². The van der Waals surface area contributed by atoms with E-state index in [4.69, 9.17) is 14.9 Å². The summed E-state index contributed by atoms with van der Waals surface area (Å²) in [7, 11) is -2.35. The van der Waals surface area contributed by atoms with Crippen molar-refractivity contribution < 1.29 is 27.5 Å². The molecule has 0 unspecified atom stereocenters. The van der Waals surface area contributed by atoms with Gasteiger partial charge in [0.25, 0.3) is 5.91 Å². The molecule has 0 aliphatic carbocycles. The number of carbonyl (C=O) groups excluding carboxylic acids is 2. The SMILES string of the molecule is COc1cc(/C=C2/C(=N)N3C(=NC2=O)SN=C3S(C)(=O)=O)ccc1OC(=O)c1cccc(C)c1. The molecule has 34 heavy (non-hydrogen) atoms. The smallest absolute Gasteiger partial charge is 0.343 e. The summed E-state index contributed by atoms with van der Waals surface area (Å²) in [6, 6.07) is 11.5. The zero-order valence-corrected chi connectivity index (χ0v) is 19.9. The zero-order chi connectivity index (χ0) is 24.6. The summed E-state index contributed by atoms with van der Waals surface area (Å²) in [5.74, 6) is -1.23. The van der Waals surface area contributed by atoms with Crippen molar-refractivity contribution in [2.75, 3.05) is 13.4 Å². The van der Waals surface area contributed by atoms with Crippen LogP contribution in [-0.2, 0) is 14.6 Å². The van der Waals surface area contributed by atoms with Crippen molar-refractivity contribution in [2.45, 2.75) is 6.92 Å². The molecule has 174 valence electrons. The number of benzene rings is 2. The van der Waals surface area contributed by atoms with Crippen molar-refractivity contribution in [1.29, 1.82) is 5.41 Å². The summed E-state index contributed by atoms with van der Waals surface area (Å²) < 4.78 is 38.6. The lowest BCUT2D eigenvalue weighted by Gasteiger charge is -2.23. The highest BCUT2D eigenvalue weighted by atomic mass is 32.2. The van der Waals surface area contributed by atoms with Gasteiger partial charge in [-0.15, -0.1) is 0 Å². The molecule has 0 radical (unpaired) electrons. The first-order valence-electron chi connectivity index (χ1n) is 9.74. The van der Waals surface area contributed by atoms with E-state index in [0.717, 1.165) is 28.7 Å². The molecule has 0 fully saturated rings. The third-order valence-electron chi connectivity index (χ3n) is 4.78. The Morgan fingerprint density at radius 2 is 1.94 bits per heavy atom. The van der Waals surface area contributed by atoms with Crippen molar-refractivity contribution in [2.24, 2.45) is 9.39 Å². The Balaban J connectivity index is 1.63. The van der Waals surface area contributed by atoms with Crippen molar-refractivity contribution in [1.82, 2.24) is 4.90 Å². The largest absolute Gasteiger partial charge is 0.493 e. The molecular formula is C22H18N4O6S2. The van der Waals surface area contributed by atoms with E-state index in [9.17, 15) is 18.0 Å². The Morgan fingerprint density at radius 1 is 1.18 bits per heavy atom. The number of nitrogens with one attached hydrogen (secondary N) is 1. The fourth-order valence-electron chi connectivity index (χ4n) is 3.19. The highest BCUT2D eigenvalue weighted by molar-refractivity contribution is 8.16. The van der Waals surface area contributed by atoms with Gasteiger partial charge in [0.15, 0.2) is 11.5 Å². The molecule has 2 aromatic carbocycles. The maximum Gasteiger partial charge on any atom is 0.343 e. The van der Waals surface area contributed by atoms with Gasteiger partial charge in [-0.05, 0) is 42.8 Å². The number of aliphatic imine (C=N–C) groups is 1. The van der Waals surface area contributed by atoms with Crippen LogP contribution in [0.5, 0.6) is 11.5 Å². The van der Waals surface area contributed by atoms with E-state index in [2.05, 4.69) is 9.39 Å². The number of hydrogen-bond acceptors (Lipinski definition) is 9. The molecule has 1 N–H and O–H groups in total. The number of fused-ring (bicyclic) bond motifs is 1. The second kappa shape index (κ2) is 8.88. The topological polar surface area (TPSA) is 139 Å². The molecule has 2 heterocycles. The van der Waals surface area contributed by atoms with E-state index in [0.29, 0.717) is 11.1 Å². The van der Waals surface area contributed by atoms with E-state index < -0.39 is 21.7 Å². The van der Waals surface area contributed by atoms with Gasteiger partial charge < -0.3 is 9.47 Å². The molecule has 2 aliphatic rings. The van der Waals surface area contributed by atoms with Crippen molar-refractivity contribution >= 4 is 55.9 Å². The molecule has 0 atom stereocenters. The van der Waals surface area contributed by atoms with Crippen LogP contribution < -0.4 is 9.47 Å². The third-order valence-corrected chi connectivity index (χ3v) is 6.54. The minimum atomic E-state index is -3.75. The zero-order valence-electron chi connectivity index (χ0n) is 18.2. The lowest BCUT2D eigenvalue weighted by Crippen LogP contribution is -2.45. The number of hydrogen-bond donors (Lipinski definition) is 1. The molecule has 12 heteroatoms. The first-order chi connectivity index (χ1) is 16.1. The van der Waals surface area contributed by atoms with Gasteiger partial charge in [0.2, 0.25) is 20.2 Å². The predicted octanol–water partition coefficient (Wildman–Crippen LogP) is 2.84. The number of ether oxygens (including phenoxy) is 2. The Kier molecular flexibility index (Phi) is 6.11. The molecule has 0 bridgehead atoms. The molecule has 0 saturated heterocycles. The summed E-state index contributed by atoms with van der Waals surface area (Å²) in [6.07, 6.45) is 2.34. The van der Waals surface area contributed by atoms with Gasteiger partial charge in [-0.25, -0.2) is 18.1 Å². The van der Waals surface area contributed by atoms with Gasteiger partial charge in [0, 0.05) is 6.26 Å². The molecule has 2 aliphatic heterocycles. The number of amidine groups is 3. The number of nitrogens with zero attached hydrogens (tertiary/aromatic N) is 3. The molecule has 4 rings (SSSR count). The first kappa shape index (κ1) is 23.4. The maximum atomic E-state index is 12.5. The van der Waals surface area contributed by atoms with Gasteiger partial charge in [-0.3, -0.25) is 10.2 Å². The van der Waals surface area contributed by atoms with Crippen LogP contribution in [0, 0.1) is 12.3 Å². The highest BCUT2D eigenvalue weighted by Crippen LogP contribution is 2.32. The summed E-state index contributed by atoms with van der Waals surface area (Å²) >= 11 is 0.717. The number of carbonyl (C=O) groups is 2. The normalized spacial score (nSPS) is 16.8. The van der Waals surface area contributed by atoms with Gasteiger partial charge in [0.1, 0.15) is 5.84 Å². The van der Waals surface area contributed by atoms with Gasteiger partial charge in [-0.1, -0.05) is 23.8 Å². The Morgan fingerprint density at radius 3 is 2.62 bits per heavy atom. The molecule has 0 spiro atoms. The van der Waals surface area contributed by atoms with Crippen molar-refractivity contribution in [3.63, 3.8) is 0 Å². The number of methoxy groups -OCH3 is 1. The lowest BCUT2D eigenvalue weighted by molar-refractivity contribution is -0.114. The minimum absolute atomic E-state index is 0.00330. The van der Waals surface area contributed by atoms with E-state index in [1.807, 2.05) is 13.0 Å². The van der Waals surface area contributed by atoms with Crippen LogP contribution in [0.4, 0.5) is 0 Å². The first-order valence-corrected chi connectivity index (χ1v) is 12.4. The fraction of sp³-hybridized carbons (Fsp3) is 0.136. The maximum absolute atomic E-state index is 12.5. The minimum Gasteiger partial charge on any atom is -0.493 e. The standard InChI is InChI=1S/C22H18N4O6S2/c1-12-5-4-6-14(9-12)20(28)32-16-8-7-13(11-17(16)31-2)10-15-18(23)26-21(24-19(15)27)33-25-22(26)34(3,29)30/h4-11,23H,1-3H3/b15-10-,23-18?. The van der Waals surface area contributed by atoms with Gasteiger partial charge in [-0.2, -0.15) is 9.39 Å². The second-order valence-electron chi connectivity index (χ2n) is 7.35. The Labute approximate surface area is 199 Å². The number of aryl methyl sites for hydroxylation is 1. The average Bonchev–Trinajstić information content (AvgIpc) is 3.22. The number of amides is 1. The molecule has 0 saturated carbocycles. The predicted molar refractivity (Wildman–Crippen MR) is 129 cm³/mol. The summed E-state index contributed by atoms with van der Waals surface area (Å²) in [5, 5.41) is 8.04. The molecule has 10 nitrogen and oxygen atoms in total. The fourth-order valence-corrected chi connectivity index (χ4v) is 5.04. The van der Waals surface area contributed by atoms with Gasteiger partial charge >= 0.3 is 5.97 Å². The number of esters is 1. The van der Waals surface area contributed by atoms with E-state index in [1.54, 1.807) is 24.3 Å². The van der Waals surface area contributed by atoms with Crippen LogP contribution in [0.2, 0.25) is 0 Å².